The number of nitrogens with zero attached hydrogens (tertiary/aromatic N) is 1. The van der Waals surface area contributed by atoms with Gasteiger partial charge >= 0.3 is 0 Å². The molecule has 0 heterocycles. The predicted molar refractivity (Wildman–Crippen MR) is 72.4 cm³/mol. The zero-order valence-corrected chi connectivity index (χ0v) is 11.1. The van der Waals surface area contributed by atoms with E-state index < -0.39 is 0 Å². The SMILES string of the molecule is CNC(=O)C(C)CN(C)c1cc(Cl)ccc1N. The molecule has 0 aliphatic carbocycles. The number of amides is 1. The zero-order valence-electron chi connectivity index (χ0n) is 10.3. The summed E-state index contributed by atoms with van der Waals surface area (Å²) in [5.41, 5.74) is 7.37. The molecule has 1 aromatic carbocycles. The number of hydrogen-bond acceptors (Lipinski definition) is 3. The quantitative estimate of drug-likeness (QED) is 0.806. The normalized spacial score (nSPS) is 12.0. The Hall–Kier alpha value is -1.42. The summed E-state index contributed by atoms with van der Waals surface area (Å²) in [6, 6.07) is 5.31. The van der Waals surface area contributed by atoms with Crippen LogP contribution in [-0.4, -0.2) is 26.5 Å². The number of nitrogens with two attached hydrogens (primary N) is 1. The standard InChI is InChI=1S/C12H18ClN3O/c1-8(12(17)15-2)7-16(3)11-6-9(13)4-5-10(11)14/h4-6,8H,7,14H2,1-3H3,(H,15,17). The highest BCUT2D eigenvalue weighted by molar-refractivity contribution is 6.31. The summed E-state index contributed by atoms with van der Waals surface area (Å²) in [5.74, 6) is -0.0965. The van der Waals surface area contributed by atoms with Crippen molar-refractivity contribution in [2.45, 2.75) is 6.92 Å². The van der Waals surface area contributed by atoms with Gasteiger partial charge in [-0.25, -0.2) is 0 Å². The van der Waals surface area contributed by atoms with Crippen LogP contribution in [0.25, 0.3) is 0 Å². The third kappa shape index (κ3) is 3.53. The van der Waals surface area contributed by atoms with Crippen LogP contribution in [0, 0.1) is 5.92 Å². The van der Waals surface area contributed by atoms with Crippen molar-refractivity contribution in [3.05, 3.63) is 23.2 Å². The first kappa shape index (κ1) is 13.6. The van der Waals surface area contributed by atoms with Gasteiger partial charge in [-0.15, -0.1) is 0 Å². The minimum Gasteiger partial charge on any atom is -0.397 e. The number of hydrogen-bond donors (Lipinski definition) is 2. The van der Waals surface area contributed by atoms with Gasteiger partial charge in [-0.3, -0.25) is 4.79 Å². The van der Waals surface area contributed by atoms with Crippen LogP contribution >= 0.6 is 11.6 Å². The molecule has 0 aliphatic rings. The Morgan fingerprint density at radius 3 is 2.82 bits per heavy atom. The van der Waals surface area contributed by atoms with Crippen LogP contribution < -0.4 is 16.0 Å². The number of carbonyl (C=O) groups is 1. The second-order valence-corrected chi connectivity index (χ2v) is 4.54. The van der Waals surface area contributed by atoms with Gasteiger partial charge in [0.1, 0.15) is 0 Å². The summed E-state index contributed by atoms with van der Waals surface area (Å²) in [4.78, 5) is 13.4. The maximum atomic E-state index is 11.4. The third-order valence-corrected chi connectivity index (χ3v) is 2.88. The molecule has 0 saturated carbocycles. The minimum atomic E-state index is -0.108. The van der Waals surface area contributed by atoms with Crippen LogP contribution in [0.1, 0.15) is 6.92 Å². The van der Waals surface area contributed by atoms with Gasteiger partial charge in [0, 0.05) is 25.7 Å². The molecule has 0 saturated heterocycles. The Morgan fingerprint density at radius 2 is 2.24 bits per heavy atom. The van der Waals surface area contributed by atoms with Crippen molar-refractivity contribution in [1.29, 1.82) is 0 Å². The number of nitrogen functional groups attached to an aromatic ring is 1. The Morgan fingerprint density at radius 1 is 1.59 bits per heavy atom. The van der Waals surface area contributed by atoms with Crippen LogP contribution in [0.15, 0.2) is 18.2 Å². The van der Waals surface area contributed by atoms with E-state index in [-0.39, 0.29) is 11.8 Å². The Kier molecular flexibility index (Phi) is 4.63. The largest absolute Gasteiger partial charge is 0.397 e. The van der Waals surface area contributed by atoms with E-state index in [1.807, 2.05) is 18.9 Å². The fourth-order valence-electron chi connectivity index (χ4n) is 1.69. The molecule has 1 rings (SSSR count). The van der Waals surface area contributed by atoms with Crippen molar-refractivity contribution in [2.75, 3.05) is 31.3 Å². The molecule has 3 N–H and O–H groups in total. The number of halogens is 1. The molecule has 0 aliphatic heterocycles. The molecule has 1 unspecified atom stereocenters. The first-order chi connectivity index (χ1) is 7.95. The van der Waals surface area contributed by atoms with Crippen molar-refractivity contribution < 1.29 is 4.79 Å². The summed E-state index contributed by atoms with van der Waals surface area (Å²) >= 11 is 5.93. The van der Waals surface area contributed by atoms with Crippen LogP contribution in [0.3, 0.4) is 0 Å². The fourth-order valence-corrected chi connectivity index (χ4v) is 1.85. The topological polar surface area (TPSA) is 58.4 Å². The monoisotopic (exact) mass is 255 g/mol. The Labute approximate surface area is 107 Å². The molecule has 0 aromatic heterocycles. The molecule has 5 heteroatoms. The lowest BCUT2D eigenvalue weighted by atomic mass is 10.1. The van der Waals surface area contributed by atoms with E-state index in [4.69, 9.17) is 17.3 Å². The van der Waals surface area contributed by atoms with Crippen molar-refractivity contribution >= 4 is 28.9 Å². The molecular weight excluding hydrogens is 238 g/mol. The summed E-state index contributed by atoms with van der Waals surface area (Å²) in [5, 5.41) is 3.26. The average Bonchev–Trinajstić information content (AvgIpc) is 2.30. The summed E-state index contributed by atoms with van der Waals surface area (Å²) in [6.07, 6.45) is 0. The first-order valence-corrected chi connectivity index (χ1v) is 5.81. The van der Waals surface area contributed by atoms with Crippen molar-refractivity contribution in [1.82, 2.24) is 5.32 Å². The average molecular weight is 256 g/mol. The van der Waals surface area contributed by atoms with Crippen LogP contribution in [-0.2, 0) is 4.79 Å². The molecule has 94 valence electrons. The van der Waals surface area contributed by atoms with Gasteiger partial charge in [0.2, 0.25) is 5.91 Å². The van der Waals surface area contributed by atoms with E-state index in [1.54, 1.807) is 25.2 Å². The number of nitrogens with one attached hydrogen (secondary N) is 1. The van der Waals surface area contributed by atoms with Crippen LogP contribution in [0.4, 0.5) is 11.4 Å². The van der Waals surface area contributed by atoms with Gasteiger partial charge < -0.3 is 16.0 Å². The molecule has 4 nitrogen and oxygen atoms in total. The highest BCUT2D eigenvalue weighted by atomic mass is 35.5. The smallest absolute Gasteiger partial charge is 0.224 e. The zero-order chi connectivity index (χ0) is 13.0. The minimum absolute atomic E-state index is 0.0115. The molecular formula is C12H18ClN3O. The van der Waals surface area contributed by atoms with Crippen LogP contribution in [0.2, 0.25) is 5.02 Å². The number of benzene rings is 1. The van der Waals surface area contributed by atoms with Gasteiger partial charge in [-0.05, 0) is 18.2 Å². The van der Waals surface area contributed by atoms with E-state index in [1.165, 1.54) is 0 Å². The second kappa shape index (κ2) is 5.77. The maximum Gasteiger partial charge on any atom is 0.224 e. The molecule has 0 spiro atoms. The lowest BCUT2D eigenvalue weighted by Crippen LogP contribution is -2.34. The van der Waals surface area contributed by atoms with Gasteiger partial charge in [0.15, 0.2) is 0 Å². The third-order valence-electron chi connectivity index (χ3n) is 2.65. The molecule has 1 atom stereocenters. The molecule has 1 aromatic rings. The molecule has 1 amide bonds. The van der Waals surface area contributed by atoms with E-state index in [9.17, 15) is 4.79 Å². The first-order valence-electron chi connectivity index (χ1n) is 5.43. The van der Waals surface area contributed by atoms with Crippen molar-refractivity contribution in [3.63, 3.8) is 0 Å². The lowest BCUT2D eigenvalue weighted by molar-refractivity contribution is -0.123. The number of rotatable bonds is 4. The molecule has 0 fully saturated rings. The van der Waals surface area contributed by atoms with Crippen LogP contribution in [0.5, 0.6) is 0 Å². The maximum absolute atomic E-state index is 11.4. The second-order valence-electron chi connectivity index (χ2n) is 4.10. The van der Waals surface area contributed by atoms with Gasteiger partial charge in [0.25, 0.3) is 0 Å². The van der Waals surface area contributed by atoms with E-state index in [2.05, 4.69) is 5.32 Å². The Bertz CT molecular complexity index is 409. The molecule has 0 bridgehead atoms. The van der Waals surface area contributed by atoms with Crippen molar-refractivity contribution in [2.24, 2.45) is 5.92 Å². The summed E-state index contributed by atoms with van der Waals surface area (Å²) in [7, 11) is 3.52. The highest BCUT2D eigenvalue weighted by Crippen LogP contribution is 2.26. The lowest BCUT2D eigenvalue weighted by Gasteiger charge is -2.24. The molecule has 17 heavy (non-hydrogen) atoms. The van der Waals surface area contributed by atoms with Crippen molar-refractivity contribution in [3.8, 4) is 0 Å². The van der Waals surface area contributed by atoms with Gasteiger partial charge in [-0.2, -0.15) is 0 Å². The fraction of sp³-hybridized carbons (Fsp3) is 0.417. The number of anilines is 2. The van der Waals surface area contributed by atoms with Gasteiger partial charge in [0.05, 0.1) is 17.3 Å². The van der Waals surface area contributed by atoms with E-state index in [0.717, 1.165) is 5.69 Å². The van der Waals surface area contributed by atoms with E-state index >= 15 is 0 Å². The highest BCUT2D eigenvalue weighted by Gasteiger charge is 2.15. The Balaban J connectivity index is 2.79. The predicted octanol–water partition coefficient (Wildman–Crippen LogP) is 1.74. The summed E-state index contributed by atoms with van der Waals surface area (Å²) < 4.78 is 0. The summed E-state index contributed by atoms with van der Waals surface area (Å²) in [6.45, 7) is 2.46. The number of carbonyl (C=O) groups excluding carboxylic acids is 1. The van der Waals surface area contributed by atoms with E-state index in [0.29, 0.717) is 17.3 Å². The van der Waals surface area contributed by atoms with Gasteiger partial charge in [-0.1, -0.05) is 18.5 Å². The molecule has 0 radical (unpaired) electrons.